The summed E-state index contributed by atoms with van der Waals surface area (Å²) in [6, 6.07) is 0.375. The van der Waals surface area contributed by atoms with Crippen molar-refractivity contribution < 1.29 is 8.85 Å². The van der Waals surface area contributed by atoms with Gasteiger partial charge in [-0.15, -0.1) is 0 Å². The second-order valence-corrected chi connectivity index (χ2v) is 23.4. The van der Waals surface area contributed by atoms with Crippen LogP contribution in [0.1, 0.15) is 0 Å². The van der Waals surface area contributed by atoms with E-state index >= 15 is 0 Å². The molecular weight excluding hydrogens is 373 g/mol. The fraction of sp³-hybridized carbons (Fsp3) is 0.643. The molecular formula is C14H28N4O2SSi3. The maximum Gasteiger partial charge on any atom is 0.307 e. The Hall–Kier alpha value is -0.979. The van der Waals surface area contributed by atoms with Gasteiger partial charge in [-0.3, -0.25) is 0 Å². The topological polar surface area (TPSA) is 69.2 Å². The van der Waals surface area contributed by atoms with Crippen LogP contribution in [0.25, 0.3) is 10.3 Å². The van der Waals surface area contributed by atoms with Crippen LogP contribution in [0.5, 0.6) is 11.9 Å². The molecule has 134 valence electrons. The molecule has 0 saturated carbocycles. The summed E-state index contributed by atoms with van der Waals surface area (Å²) in [7, 11) is -5.09. The van der Waals surface area contributed by atoms with Gasteiger partial charge < -0.3 is 13.8 Å². The van der Waals surface area contributed by atoms with Crippen LogP contribution in [0, 0.1) is 0 Å². The zero-order chi connectivity index (χ0) is 18.3. The third-order valence-corrected chi connectivity index (χ3v) is 6.20. The average Bonchev–Trinajstić information content (AvgIpc) is 2.64. The summed E-state index contributed by atoms with van der Waals surface area (Å²) in [5.74, 6) is 0.605. The fourth-order valence-electron chi connectivity index (χ4n) is 1.83. The van der Waals surface area contributed by atoms with E-state index in [2.05, 4.69) is 78.9 Å². The van der Waals surface area contributed by atoms with Crippen LogP contribution in [0.2, 0.25) is 58.9 Å². The summed E-state index contributed by atoms with van der Waals surface area (Å²) in [5.41, 5.74) is 0.650. The Morgan fingerprint density at radius 2 is 1.38 bits per heavy atom. The van der Waals surface area contributed by atoms with Crippen molar-refractivity contribution >= 4 is 51.7 Å². The first-order valence-electron chi connectivity index (χ1n) is 8.07. The molecule has 10 heteroatoms. The highest BCUT2D eigenvalue weighted by Gasteiger charge is 2.25. The van der Waals surface area contributed by atoms with Crippen LogP contribution in [-0.4, -0.2) is 39.8 Å². The Balaban J connectivity index is 2.52. The first-order chi connectivity index (χ1) is 10.7. The summed E-state index contributed by atoms with van der Waals surface area (Å²) >= 11 is 1.56. The lowest BCUT2D eigenvalue weighted by molar-refractivity contribution is 0.483. The molecule has 2 heterocycles. The summed E-state index contributed by atoms with van der Waals surface area (Å²) < 4.78 is 13.1. The van der Waals surface area contributed by atoms with Crippen molar-refractivity contribution in [1.82, 2.24) is 15.0 Å². The predicted octanol–water partition coefficient (Wildman–Crippen LogP) is 4.76. The van der Waals surface area contributed by atoms with E-state index < -0.39 is 24.9 Å². The fourth-order valence-corrected chi connectivity index (χ4v) is 5.78. The maximum atomic E-state index is 6.19. The molecule has 0 amide bonds. The quantitative estimate of drug-likeness (QED) is 0.705. The SMILES string of the molecule is C[Si](C)(C)Nc1nc2nc(O[Si](C)(C)C)nc(O[Si](C)(C)C)c2s1. The number of fused-ring (bicyclic) bond motifs is 1. The molecule has 1 N–H and O–H groups in total. The molecule has 2 rings (SSSR count). The summed E-state index contributed by atoms with van der Waals surface area (Å²) in [5, 5.41) is 0.879. The van der Waals surface area contributed by atoms with Gasteiger partial charge in [0.2, 0.25) is 22.5 Å². The van der Waals surface area contributed by atoms with Gasteiger partial charge in [0.05, 0.1) is 0 Å². The molecule has 0 atom stereocenters. The Labute approximate surface area is 151 Å². The molecule has 6 nitrogen and oxygen atoms in total. The number of rotatable bonds is 6. The van der Waals surface area contributed by atoms with Crippen molar-refractivity contribution in [2.75, 3.05) is 4.98 Å². The van der Waals surface area contributed by atoms with Crippen LogP contribution >= 0.6 is 11.3 Å². The minimum atomic E-state index is -1.80. The lowest BCUT2D eigenvalue weighted by atomic mass is 10.6. The van der Waals surface area contributed by atoms with Crippen LogP contribution in [0.15, 0.2) is 0 Å². The molecule has 0 aliphatic carbocycles. The Morgan fingerprint density at radius 3 is 1.88 bits per heavy atom. The zero-order valence-corrected chi connectivity index (χ0v) is 19.9. The highest BCUT2D eigenvalue weighted by atomic mass is 32.1. The van der Waals surface area contributed by atoms with E-state index in [-0.39, 0.29) is 0 Å². The van der Waals surface area contributed by atoms with Crippen molar-refractivity contribution in [2.24, 2.45) is 0 Å². The van der Waals surface area contributed by atoms with Crippen LogP contribution in [0.4, 0.5) is 5.13 Å². The van der Waals surface area contributed by atoms with Crippen molar-refractivity contribution in [3.05, 3.63) is 0 Å². The second-order valence-electron chi connectivity index (χ2n) is 8.79. The summed E-state index contributed by atoms with van der Waals surface area (Å²) in [6.45, 7) is 19.5. The minimum absolute atomic E-state index is 0.375. The number of aromatic nitrogens is 3. The highest BCUT2D eigenvalue weighted by Crippen LogP contribution is 2.35. The molecule has 0 aliphatic rings. The second kappa shape index (κ2) is 6.39. The van der Waals surface area contributed by atoms with Gasteiger partial charge in [-0.2, -0.15) is 9.97 Å². The number of anilines is 1. The Bertz CT molecular complexity index is 732. The molecule has 2 aromatic heterocycles. The van der Waals surface area contributed by atoms with E-state index in [4.69, 9.17) is 8.85 Å². The van der Waals surface area contributed by atoms with Gasteiger partial charge >= 0.3 is 6.01 Å². The minimum Gasteiger partial charge on any atom is -0.530 e. The molecule has 0 spiro atoms. The normalized spacial score (nSPS) is 13.2. The zero-order valence-electron chi connectivity index (χ0n) is 16.1. The first kappa shape index (κ1) is 19.3. The lowest BCUT2D eigenvalue weighted by Gasteiger charge is -2.21. The van der Waals surface area contributed by atoms with E-state index in [9.17, 15) is 0 Å². The maximum absolute atomic E-state index is 6.19. The molecule has 2 aromatic rings. The van der Waals surface area contributed by atoms with Gasteiger partial charge in [0.25, 0.3) is 0 Å². The van der Waals surface area contributed by atoms with E-state index in [1.165, 1.54) is 0 Å². The number of hydrogen-bond acceptors (Lipinski definition) is 7. The Kier molecular flexibility index (Phi) is 5.15. The van der Waals surface area contributed by atoms with Crippen LogP contribution in [0.3, 0.4) is 0 Å². The predicted molar refractivity (Wildman–Crippen MR) is 110 cm³/mol. The molecule has 0 saturated heterocycles. The van der Waals surface area contributed by atoms with Crippen molar-refractivity contribution in [1.29, 1.82) is 0 Å². The highest BCUT2D eigenvalue weighted by molar-refractivity contribution is 7.23. The van der Waals surface area contributed by atoms with Gasteiger partial charge in [0, 0.05) is 0 Å². The van der Waals surface area contributed by atoms with E-state index in [0.29, 0.717) is 17.5 Å². The van der Waals surface area contributed by atoms with Gasteiger partial charge in [-0.1, -0.05) is 31.0 Å². The third kappa shape index (κ3) is 5.83. The Morgan fingerprint density at radius 1 is 0.792 bits per heavy atom. The number of thiazole rings is 1. The molecule has 0 bridgehead atoms. The largest absolute Gasteiger partial charge is 0.530 e. The molecule has 0 aliphatic heterocycles. The van der Waals surface area contributed by atoms with Gasteiger partial charge in [0.1, 0.15) is 12.9 Å². The standard InChI is InChI=1S/C14H28N4O2SSi3/c1-22(2,3)18-14-16-11-10(21-14)12(19-23(4,5)6)17-13(15-11)20-24(7,8)9/h1-9H3,(H,15,16,17,18). The van der Waals surface area contributed by atoms with Crippen molar-refractivity contribution in [2.45, 2.75) is 58.9 Å². The molecule has 0 radical (unpaired) electrons. The van der Waals surface area contributed by atoms with Crippen molar-refractivity contribution in [3.8, 4) is 11.9 Å². The monoisotopic (exact) mass is 400 g/mol. The van der Waals surface area contributed by atoms with Crippen molar-refractivity contribution in [3.63, 3.8) is 0 Å². The number of nitrogens with one attached hydrogen (secondary N) is 1. The van der Waals surface area contributed by atoms with E-state index in [1.54, 1.807) is 11.3 Å². The van der Waals surface area contributed by atoms with Crippen LogP contribution < -0.4 is 13.8 Å². The molecule has 0 aromatic carbocycles. The summed E-state index contributed by atoms with van der Waals surface area (Å²) in [6.07, 6.45) is 0. The molecule has 24 heavy (non-hydrogen) atoms. The van der Waals surface area contributed by atoms with Gasteiger partial charge in [-0.05, 0) is 39.3 Å². The average molecular weight is 401 g/mol. The number of nitrogens with zero attached hydrogens (tertiary/aromatic N) is 3. The van der Waals surface area contributed by atoms with E-state index in [1.807, 2.05) is 0 Å². The summed E-state index contributed by atoms with van der Waals surface area (Å²) in [4.78, 5) is 17.2. The van der Waals surface area contributed by atoms with E-state index in [0.717, 1.165) is 9.83 Å². The number of hydrogen-bond donors (Lipinski definition) is 1. The molecule has 0 fully saturated rings. The van der Waals surface area contributed by atoms with Gasteiger partial charge in [0.15, 0.2) is 10.8 Å². The third-order valence-electron chi connectivity index (χ3n) is 2.48. The first-order valence-corrected chi connectivity index (χ1v) is 19.2. The lowest BCUT2D eigenvalue weighted by Crippen LogP contribution is -2.32. The van der Waals surface area contributed by atoms with Crippen LogP contribution in [-0.2, 0) is 0 Å². The smallest absolute Gasteiger partial charge is 0.307 e. The molecule has 0 unspecified atom stereocenters. The van der Waals surface area contributed by atoms with Gasteiger partial charge in [-0.25, -0.2) is 4.98 Å².